The Labute approximate surface area is 445 Å². The van der Waals surface area contributed by atoms with Gasteiger partial charge in [-0.3, -0.25) is 38.4 Å². The minimum atomic E-state index is -1.41. The van der Waals surface area contributed by atoms with Gasteiger partial charge in [0.2, 0.25) is 47.3 Å². The first-order valence-electron chi connectivity index (χ1n) is 25.2. The summed E-state index contributed by atoms with van der Waals surface area (Å²) in [6.07, 6.45) is 10.9. The smallest absolute Gasteiger partial charge is 0.326 e. The highest BCUT2D eigenvalue weighted by molar-refractivity contribution is 7.98. The second kappa shape index (κ2) is 32.5. The maximum Gasteiger partial charge on any atom is 0.326 e. The number of aromatic amines is 3. The standard InChI is InChI=1S/C48H78N16O11S/c1-25(2)14-34(59-40(66)31(50)21-65)45(71)63-38(26(3)4)47(73)58-32(10-8-9-12-49)41(67)60-36(16-29-19-52-23-55-29)44(70)62-35(15-28-18-51-22-54-28)43(69)57-33(11-13-76-7)42(68)61-37(17-30-20-53-24-56-30)46(72)64-39(27(5)6)48(74)75/h18-20,22-27,31-39,65H,8-17,21,49-50H2,1-7H3,(H,51,54)(H,52,55)(H,53,56)(H,57,69)(H,58,73)(H,59,66)(H,60,67)(H,61,68)(H,62,70)(H,63,71)(H,64,72)(H,74,75)/t31-,32-,33-,34-,35-,36-,37-,38-,39-/m0/s1. The number of carbonyl (C=O) groups is 9. The van der Waals surface area contributed by atoms with Crippen molar-refractivity contribution in [3.8, 4) is 0 Å². The molecule has 0 aliphatic heterocycles. The highest BCUT2D eigenvalue weighted by atomic mass is 32.2. The van der Waals surface area contributed by atoms with Crippen LogP contribution in [0.5, 0.6) is 0 Å². The molecular formula is C48H78N16O11S. The van der Waals surface area contributed by atoms with Crippen molar-refractivity contribution in [2.75, 3.05) is 25.2 Å². The van der Waals surface area contributed by atoms with Crippen molar-refractivity contribution in [2.24, 2.45) is 29.2 Å². The molecule has 0 aromatic carbocycles. The summed E-state index contributed by atoms with van der Waals surface area (Å²) in [7, 11) is 0. The number of hydrogen-bond acceptors (Lipinski definition) is 16. The summed E-state index contributed by atoms with van der Waals surface area (Å²) in [6, 6.07) is -11.6. The Kier molecular flexibility index (Phi) is 27.1. The number of hydrogen-bond donors (Lipinski definition) is 15. The van der Waals surface area contributed by atoms with Crippen molar-refractivity contribution in [3.05, 3.63) is 54.7 Å². The van der Waals surface area contributed by atoms with E-state index in [1.807, 2.05) is 13.8 Å². The second-order valence-electron chi connectivity index (χ2n) is 19.5. The lowest BCUT2D eigenvalue weighted by molar-refractivity contribution is -0.143. The van der Waals surface area contributed by atoms with Crippen LogP contribution in [0.4, 0.5) is 0 Å². The fourth-order valence-electron chi connectivity index (χ4n) is 7.71. The molecule has 0 fully saturated rings. The van der Waals surface area contributed by atoms with Crippen molar-refractivity contribution in [3.63, 3.8) is 0 Å². The molecule has 76 heavy (non-hydrogen) atoms. The molecule has 17 N–H and O–H groups in total. The van der Waals surface area contributed by atoms with Crippen molar-refractivity contribution >= 4 is 65.0 Å². The lowest BCUT2D eigenvalue weighted by atomic mass is 9.99. The average molecular weight is 1090 g/mol. The molecule has 0 unspecified atom stereocenters. The number of aliphatic hydroxyl groups is 1. The average Bonchev–Trinajstić information content (AvgIpc) is 4.20. The largest absolute Gasteiger partial charge is 0.480 e. The molecular weight excluding hydrogens is 1010 g/mol. The van der Waals surface area contributed by atoms with Crippen LogP contribution in [0.2, 0.25) is 0 Å². The fraction of sp³-hybridized carbons (Fsp3) is 0.625. The lowest BCUT2D eigenvalue weighted by Crippen LogP contribution is -2.61. The van der Waals surface area contributed by atoms with Crippen molar-refractivity contribution in [1.82, 2.24) is 72.4 Å². The minimum absolute atomic E-state index is 0.0592. The molecule has 8 amide bonds. The van der Waals surface area contributed by atoms with Gasteiger partial charge < -0.3 is 79.2 Å². The van der Waals surface area contributed by atoms with Crippen molar-refractivity contribution in [1.29, 1.82) is 0 Å². The Bertz CT molecular complexity index is 2300. The molecule has 3 rings (SSSR count). The van der Waals surface area contributed by atoms with E-state index in [0.717, 1.165) is 0 Å². The van der Waals surface area contributed by atoms with Crippen LogP contribution < -0.4 is 54.0 Å². The van der Waals surface area contributed by atoms with Gasteiger partial charge in [-0.2, -0.15) is 11.8 Å². The van der Waals surface area contributed by atoms with E-state index in [0.29, 0.717) is 35.7 Å². The predicted octanol–water partition coefficient (Wildman–Crippen LogP) is -2.59. The number of carboxylic acids is 1. The van der Waals surface area contributed by atoms with Crippen molar-refractivity contribution in [2.45, 2.75) is 147 Å². The molecule has 0 saturated heterocycles. The van der Waals surface area contributed by atoms with Crippen LogP contribution in [-0.4, -0.2) is 173 Å². The third kappa shape index (κ3) is 21.4. The van der Waals surface area contributed by atoms with Gasteiger partial charge in [0.25, 0.3) is 0 Å². The Morgan fingerprint density at radius 1 is 0.539 bits per heavy atom. The topological polar surface area (TPSA) is 428 Å². The van der Waals surface area contributed by atoms with Gasteiger partial charge in [-0.25, -0.2) is 19.7 Å². The number of nitrogens with two attached hydrogens (primary N) is 2. The normalized spacial score (nSPS) is 15.0. The van der Waals surface area contributed by atoms with Gasteiger partial charge in [-0.05, 0) is 68.4 Å². The highest BCUT2D eigenvalue weighted by Crippen LogP contribution is 2.13. The Hall–Kier alpha value is -6.91. The number of H-pyrrole nitrogens is 3. The van der Waals surface area contributed by atoms with E-state index < -0.39 is 126 Å². The number of amides is 8. The van der Waals surface area contributed by atoms with Crippen LogP contribution in [-0.2, 0) is 62.4 Å². The number of unbranched alkanes of at least 4 members (excludes halogenated alkanes) is 1. The zero-order valence-electron chi connectivity index (χ0n) is 44.1. The summed E-state index contributed by atoms with van der Waals surface area (Å²) in [4.78, 5) is 144. The summed E-state index contributed by atoms with van der Waals surface area (Å²) in [6.45, 7) is 9.86. The van der Waals surface area contributed by atoms with Crippen LogP contribution in [0.15, 0.2) is 37.6 Å². The summed E-state index contributed by atoms with van der Waals surface area (Å²) in [5.41, 5.74) is 12.8. The monoisotopic (exact) mass is 1090 g/mol. The maximum absolute atomic E-state index is 14.6. The Morgan fingerprint density at radius 2 is 0.921 bits per heavy atom. The van der Waals surface area contributed by atoms with Gasteiger partial charge >= 0.3 is 5.97 Å². The molecule has 0 saturated carbocycles. The number of carboxylic acid groups (broad SMARTS) is 1. The van der Waals surface area contributed by atoms with E-state index >= 15 is 0 Å². The van der Waals surface area contributed by atoms with Gasteiger partial charge in [0.05, 0.1) is 25.6 Å². The maximum atomic E-state index is 14.6. The Balaban J connectivity index is 1.94. The number of aliphatic hydroxyl groups excluding tert-OH is 1. The number of nitrogens with zero attached hydrogens (tertiary/aromatic N) is 3. The molecule has 3 aromatic rings. The molecule has 0 radical (unpaired) electrons. The van der Waals surface area contributed by atoms with E-state index in [2.05, 4.69) is 72.4 Å². The van der Waals surface area contributed by atoms with E-state index in [9.17, 15) is 53.4 Å². The number of carbonyl (C=O) groups excluding carboxylic acids is 8. The number of imidazole rings is 3. The van der Waals surface area contributed by atoms with E-state index in [4.69, 9.17) is 11.5 Å². The van der Waals surface area contributed by atoms with E-state index in [-0.39, 0.29) is 51.0 Å². The van der Waals surface area contributed by atoms with Gasteiger partial charge in [0.15, 0.2) is 0 Å². The molecule has 3 heterocycles. The first-order chi connectivity index (χ1) is 36.1. The molecule has 0 aliphatic rings. The molecule has 27 nitrogen and oxygen atoms in total. The van der Waals surface area contributed by atoms with Crippen LogP contribution in [0.25, 0.3) is 0 Å². The van der Waals surface area contributed by atoms with Crippen LogP contribution in [0.1, 0.15) is 90.7 Å². The molecule has 9 atom stereocenters. The summed E-state index contributed by atoms with van der Waals surface area (Å²) >= 11 is 1.38. The molecule has 0 bridgehead atoms. The van der Waals surface area contributed by atoms with Crippen molar-refractivity contribution < 1.29 is 53.4 Å². The van der Waals surface area contributed by atoms with Crippen LogP contribution in [0, 0.1) is 17.8 Å². The fourth-order valence-corrected chi connectivity index (χ4v) is 8.19. The third-order valence-corrected chi connectivity index (χ3v) is 12.7. The minimum Gasteiger partial charge on any atom is -0.480 e. The highest BCUT2D eigenvalue weighted by Gasteiger charge is 2.36. The molecule has 422 valence electrons. The molecule has 28 heteroatoms. The van der Waals surface area contributed by atoms with Gasteiger partial charge in [0, 0.05) is 54.9 Å². The van der Waals surface area contributed by atoms with Crippen LogP contribution >= 0.6 is 11.8 Å². The molecule has 0 spiro atoms. The van der Waals surface area contributed by atoms with Gasteiger partial charge in [-0.1, -0.05) is 41.5 Å². The molecule has 0 aliphatic carbocycles. The summed E-state index contributed by atoms with van der Waals surface area (Å²) < 4.78 is 0. The first kappa shape index (κ1) is 63.4. The van der Waals surface area contributed by atoms with E-state index in [1.54, 1.807) is 34.0 Å². The number of nitrogens with one attached hydrogen (secondary N) is 11. The number of rotatable bonds is 35. The van der Waals surface area contributed by atoms with Gasteiger partial charge in [0.1, 0.15) is 54.4 Å². The Morgan fingerprint density at radius 3 is 1.30 bits per heavy atom. The lowest BCUT2D eigenvalue weighted by Gasteiger charge is -2.29. The summed E-state index contributed by atoms with van der Waals surface area (Å²) in [5.74, 6) is -8.24. The zero-order chi connectivity index (χ0) is 56.5. The quantitative estimate of drug-likeness (QED) is 0.0269. The third-order valence-electron chi connectivity index (χ3n) is 12.0. The number of aromatic nitrogens is 6. The number of aliphatic carboxylic acids is 1. The van der Waals surface area contributed by atoms with Gasteiger partial charge in [-0.15, -0.1) is 0 Å². The van der Waals surface area contributed by atoms with Crippen LogP contribution in [0.3, 0.4) is 0 Å². The predicted molar refractivity (Wildman–Crippen MR) is 280 cm³/mol. The SMILES string of the molecule is CSCC[C@H](NC(=O)[C@H](Cc1cnc[nH]1)NC(=O)[C@H](Cc1cnc[nH]1)NC(=O)[C@H](CCCCN)NC(=O)[C@@H](NC(=O)[C@H](CC(C)C)NC(=O)[C@@H](N)CO)C(C)C)C(=O)N[C@@H](Cc1cnc[nH]1)C(=O)N[C@H](C(=O)O)C(C)C. The second-order valence-corrected chi connectivity index (χ2v) is 20.5. The molecule has 3 aromatic heterocycles. The van der Waals surface area contributed by atoms with E-state index in [1.165, 1.54) is 49.3 Å². The number of thioether (sulfide) groups is 1. The first-order valence-corrected chi connectivity index (χ1v) is 26.6. The summed E-state index contributed by atoms with van der Waals surface area (Å²) in [5, 5.41) is 40.5. The zero-order valence-corrected chi connectivity index (χ0v) is 45.0.